The smallest absolute Gasteiger partial charge is 0.312 e. The summed E-state index contributed by atoms with van der Waals surface area (Å²) in [5, 5.41) is 24.4. The van der Waals surface area contributed by atoms with E-state index in [2.05, 4.69) is 26.5 Å². The molecule has 2 rings (SSSR count). The lowest BCUT2D eigenvalue weighted by atomic mass is 10.1. The summed E-state index contributed by atoms with van der Waals surface area (Å²) < 4.78 is 5.89. The summed E-state index contributed by atoms with van der Waals surface area (Å²) in [6.07, 6.45) is 1.12. The number of nitrogens with zero attached hydrogens (tertiary/aromatic N) is 2. The maximum Gasteiger partial charge on any atom is 0.312 e. The number of ether oxygens (including phenoxy) is 1. The van der Waals surface area contributed by atoms with Crippen LogP contribution >= 0.6 is 15.9 Å². The van der Waals surface area contributed by atoms with Gasteiger partial charge < -0.3 is 9.84 Å². The average Bonchev–Trinajstić information content (AvgIpc) is 2.57. The number of benzene rings is 2. The van der Waals surface area contributed by atoms with Crippen molar-refractivity contribution in [2.45, 2.75) is 13.8 Å². The lowest BCUT2D eigenvalue weighted by molar-refractivity contribution is -0.385. The third-order valence-electron chi connectivity index (χ3n) is 3.43. The van der Waals surface area contributed by atoms with E-state index in [0.717, 1.165) is 17.3 Å². The Morgan fingerprint density at radius 1 is 1.38 bits per heavy atom. The van der Waals surface area contributed by atoms with Crippen molar-refractivity contribution in [3.05, 3.63) is 61.6 Å². The van der Waals surface area contributed by atoms with Crippen molar-refractivity contribution in [3.63, 3.8) is 0 Å². The molecule has 0 bridgehead atoms. The number of aromatic hydroxyl groups is 1. The second kappa shape index (κ2) is 8.43. The van der Waals surface area contributed by atoms with Crippen LogP contribution in [-0.2, 0) is 4.79 Å². The van der Waals surface area contributed by atoms with Crippen LogP contribution in [0.4, 0.5) is 5.69 Å². The minimum Gasteiger partial charge on any atom is -0.502 e. The van der Waals surface area contributed by atoms with Gasteiger partial charge in [-0.05, 0) is 31.0 Å². The molecule has 2 N–H and O–H groups in total. The number of para-hydroxylation sites is 1. The monoisotopic (exact) mass is 421 g/mol. The maximum atomic E-state index is 11.8. The molecular weight excluding hydrogens is 406 g/mol. The number of aryl methyl sites for hydroxylation is 2. The number of carbonyl (C=O) groups excluding carboxylic acids is 1. The molecule has 0 saturated carbocycles. The van der Waals surface area contributed by atoms with Crippen molar-refractivity contribution < 1.29 is 19.6 Å². The number of amides is 1. The number of hydrazone groups is 1. The zero-order chi connectivity index (χ0) is 19.3. The highest BCUT2D eigenvalue weighted by Gasteiger charge is 2.17. The number of nitro benzene ring substituents is 1. The lowest BCUT2D eigenvalue weighted by Gasteiger charge is -2.10. The van der Waals surface area contributed by atoms with Gasteiger partial charge in [-0.3, -0.25) is 14.9 Å². The SMILES string of the molecule is Cc1cccc(C)c1OCC(=O)N/N=C\c1cc(Br)cc([N+](=O)[O-])c1O. The molecule has 0 aliphatic carbocycles. The highest BCUT2D eigenvalue weighted by atomic mass is 79.9. The number of hydrogen-bond acceptors (Lipinski definition) is 6. The minimum atomic E-state index is -0.714. The fourth-order valence-corrected chi connectivity index (χ4v) is 2.68. The number of rotatable bonds is 6. The Kier molecular flexibility index (Phi) is 6.29. The molecule has 0 radical (unpaired) electrons. The molecule has 0 unspecified atom stereocenters. The van der Waals surface area contributed by atoms with Crippen LogP contribution in [0.25, 0.3) is 0 Å². The first-order valence-electron chi connectivity index (χ1n) is 7.47. The van der Waals surface area contributed by atoms with Gasteiger partial charge in [0.1, 0.15) is 5.75 Å². The van der Waals surface area contributed by atoms with Gasteiger partial charge in [0.05, 0.1) is 11.1 Å². The van der Waals surface area contributed by atoms with Gasteiger partial charge in [0.2, 0.25) is 5.75 Å². The molecule has 0 aliphatic heterocycles. The summed E-state index contributed by atoms with van der Waals surface area (Å²) in [7, 11) is 0. The molecule has 8 nitrogen and oxygen atoms in total. The molecule has 26 heavy (non-hydrogen) atoms. The average molecular weight is 422 g/mol. The van der Waals surface area contributed by atoms with Gasteiger partial charge in [0.15, 0.2) is 6.61 Å². The number of hydrogen-bond donors (Lipinski definition) is 2. The van der Waals surface area contributed by atoms with Crippen LogP contribution in [-0.4, -0.2) is 28.8 Å². The van der Waals surface area contributed by atoms with Gasteiger partial charge in [0, 0.05) is 16.1 Å². The largest absolute Gasteiger partial charge is 0.502 e. The van der Waals surface area contributed by atoms with Crippen molar-refractivity contribution in [2.24, 2.45) is 5.10 Å². The number of nitrogens with one attached hydrogen (secondary N) is 1. The van der Waals surface area contributed by atoms with Gasteiger partial charge in [0.25, 0.3) is 5.91 Å². The normalized spacial score (nSPS) is 10.7. The van der Waals surface area contributed by atoms with Crippen LogP contribution in [0.3, 0.4) is 0 Å². The second-order valence-electron chi connectivity index (χ2n) is 5.42. The Hall–Kier alpha value is -2.94. The number of phenols is 1. The predicted octanol–water partition coefficient (Wildman–Crippen LogP) is 3.21. The first-order valence-corrected chi connectivity index (χ1v) is 8.26. The number of halogens is 1. The Morgan fingerprint density at radius 3 is 2.65 bits per heavy atom. The van der Waals surface area contributed by atoms with Crippen LogP contribution in [0.15, 0.2) is 39.9 Å². The Labute approximate surface area is 157 Å². The second-order valence-corrected chi connectivity index (χ2v) is 6.34. The van der Waals surface area contributed by atoms with Crippen LogP contribution in [0.1, 0.15) is 16.7 Å². The zero-order valence-electron chi connectivity index (χ0n) is 14.0. The number of nitro groups is 1. The molecule has 0 saturated heterocycles. The van der Waals surface area contributed by atoms with E-state index in [1.807, 2.05) is 32.0 Å². The maximum absolute atomic E-state index is 11.8. The van der Waals surface area contributed by atoms with Crippen LogP contribution in [0.5, 0.6) is 11.5 Å². The summed E-state index contributed by atoms with van der Waals surface area (Å²) in [4.78, 5) is 22.0. The van der Waals surface area contributed by atoms with Gasteiger partial charge >= 0.3 is 5.69 Å². The van der Waals surface area contributed by atoms with Gasteiger partial charge in [-0.15, -0.1) is 0 Å². The van der Waals surface area contributed by atoms with E-state index in [0.29, 0.717) is 10.2 Å². The molecule has 0 aliphatic rings. The van der Waals surface area contributed by atoms with Gasteiger partial charge in [-0.2, -0.15) is 5.10 Å². The highest BCUT2D eigenvalue weighted by molar-refractivity contribution is 9.10. The van der Waals surface area contributed by atoms with Crippen molar-refractivity contribution in [2.75, 3.05) is 6.61 Å². The van der Waals surface area contributed by atoms with E-state index >= 15 is 0 Å². The lowest BCUT2D eigenvalue weighted by Crippen LogP contribution is -2.25. The molecule has 136 valence electrons. The summed E-state index contributed by atoms with van der Waals surface area (Å²) in [6, 6.07) is 8.25. The Morgan fingerprint density at radius 2 is 2.04 bits per heavy atom. The van der Waals surface area contributed by atoms with E-state index in [1.165, 1.54) is 12.1 Å². The van der Waals surface area contributed by atoms with Gasteiger partial charge in [-0.1, -0.05) is 34.1 Å². The minimum absolute atomic E-state index is 0.0852. The molecule has 0 atom stereocenters. The Bertz CT molecular complexity index is 863. The Balaban J connectivity index is 2.00. The van der Waals surface area contributed by atoms with E-state index in [-0.39, 0.29) is 12.2 Å². The fraction of sp³-hybridized carbons (Fsp3) is 0.176. The van der Waals surface area contributed by atoms with E-state index in [9.17, 15) is 20.0 Å². The van der Waals surface area contributed by atoms with Crippen molar-refractivity contribution in [3.8, 4) is 11.5 Å². The van der Waals surface area contributed by atoms with Crippen molar-refractivity contribution in [1.82, 2.24) is 5.43 Å². The highest BCUT2D eigenvalue weighted by Crippen LogP contribution is 2.32. The summed E-state index contributed by atoms with van der Waals surface area (Å²) in [5.74, 6) is -0.414. The van der Waals surface area contributed by atoms with E-state index in [1.54, 1.807) is 0 Å². The molecule has 2 aromatic rings. The topological polar surface area (TPSA) is 114 Å². The van der Waals surface area contributed by atoms with Crippen LogP contribution in [0.2, 0.25) is 0 Å². The summed E-state index contributed by atoms with van der Waals surface area (Å²) in [5.41, 5.74) is 3.68. The quantitative estimate of drug-likeness (QED) is 0.422. The first-order chi connectivity index (χ1) is 12.3. The standard InChI is InChI=1S/C17H16BrN3O5/c1-10-4-3-5-11(2)17(10)26-9-15(22)20-19-8-12-6-13(18)7-14(16(12)23)21(24)25/h3-8,23H,9H2,1-2H3,(H,20,22)/b19-8-. The molecular formula is C17H16BrN3O5. The van der Waals surface area contributed by atoms with Crippen molar-refractivity contribution >= 4 is 33.7 Å². The van der Waals surface area contributed by atoms with Crippen LogP contribution in [0, 0.1) is 24.0 Å². The molecule has 0 fully saturated rings. The van der Waals surface area contributed by atoms with E-state index in [4.69, 9.17) is 4.74 Å². The third-order valence-corrected chi connectivity index (χ3v) is 3.89. The summed E-state index contributed by atoms with van der Waals surface area (Å²) >= 11 is 3.12. The zero-order valence-corrected chi connectivity index (χ0v) is 15.6. The molecule has 0 heterocycles. The third kappa shape index (κ3) is 4.79. The number of carbonyl (C=O) groups is 1. The predicted molar refractivity (Wildman–Crippen MR) is 99.6 cm³/mol. The molecule has 9 heteroatoms. The molecule has 0 spiro atoms. The van der Waals surface area contributed by atoms with E-state index < -0.39 is 22.3 Å². The fourth-order valence-electron chi connectivity index (χ4n) is 2.21. The van der Waals surface area contributed by atoms with Crippen LogP contribution < -0.4 is 10.2 Å². The van der Waals surface area contributed by atoms with Gasteiger partial charge in [-0.25, -0.2) is 5.43 Å². The molecule has 1 amide bonds. The molecule has 0 aromatic heterocycles. The molecule has 2 aromatic carbocycles. The first kappa shape index (κ1) is 19.4. The summed E-state index contributed by atoms with van der Waals surface area (Å²) in [6.45, 7) is 3.51. The van der Waals surface area contributed by atoms with Crippen molar-refractivity contribution in [1.29, 1.82) is 0 Å². The number of phenolic OH excluding ortho intramolecular Hbond substituents is 1.